The van der Waals surface area contributed by atoms with Crippen LogP contribution in [0.4, 0.5) is 0 Å². The number of amides is 1. The second-order valence-corrected chi connectivity index (χ2v) is 6.38. The number of halogens is 1. The van der Waals surface area contributed by atoms with Crippen LogP contribution in [0.15, 0.2) is 24.3 Å². The average Bonchev–Trinajstić information content (AvgIpc) is 2.60. The van der Waals surface area contributed by atoms with Gasteiger partial charge in [-0.1, -0.05) is 0 Å². The van der Waals surface area contributed by atoms with E-state index in [4.69, 9.17) is 4.74 Å². The van der Waals surface area contributed by atoms with Gasteiger partial charge in [0.05, 0.1) is 6.61 Å². The van der Waals surface area contributed by atoms with E-state index in [-0.39, 0.29) is 24.1 Å². The minimum atomic E-state index is 0. The minimum Gasteiger partial charge on any atom is -0.494 e. The Morgan fingerprint density at radius 3 is 2.68 bits per heavy atom. The second kappa shape index (κ2) is 11.9. The number of ether oxygens (including phenoxy) is 1. The first-order chi connectivity index (χ1) is 11.6. The molecule has 5 nitrogen and oxygen atoms in total. The van der Waals surface area contributed by atoms with Crippen LogP contribution in [0.25, 0.3) is 0 Å². The maximum atomic E-state index is 11.8. The molecular weight excluding hydrogens is 340 g/mol. The zero-order valence-electron chi connectivity index (χ0n) is 14.9. The molecule has 25 heavy (non-hydrogen) atoms. The number of nitrogens with one attached hydrogen (secondary N) is 2. The molecule has 2 N–H and O–H groups in total. The number of Topliss-reactive ketones (excluding diaryl/α,β-unsaturated/α-hetero) is 1. The third-order valence-corrected chi connectivity index (χ3v) is 4.35. The Kier molecular flexibility index (Phi) is 10.2. The van der Waals surface area contributed by atoms with E-state index in [1.54, 1.807) is 31.2 Å². The van der Waals surface area contributed by atoms with Crippen LogP contribution >= 0.6 is 12.4 Å². The first-order valence-electron chi connectivity index (χ1n) is 8.86. The quantitative estimate of drug-likeness (QED) is 0.519. The summed E-state index contributed by atoms with van der Waals surface area (Å²) in [6.07, 6.45) is 4.72. The standard InChI is InChI=1S/C19H28N2O3.ClH/c1-15(22)17-6-8-18(9-7-17)24-13-3-5-19(23)21-12-10-16-4-2-11-20-14-16;/h6-9,16,20H,2-5,10-14H2,1H3,(H,21,23);1H. The lowest BCUT2D eigenvalue weighted by Gasteiger charge is -2.22. The molecule has 140 valence electrons. The first-order valence-corrected chi connectivity index (χ1v) is 8.86. The number of ketones is 1. The average molecular weight is 369 g/mol. The van der Waals surface area contributed by atoms with Crippen LogP contribution in [-0.4, -0.2) is 37.9 Å². The molecule has 1 aliphatic heterocycles. The Balaban J connectivity index is 0.00000312. The van der Waals surface area contributed by atoms with E-state index in [1.165, 1.54) is 12.8 Å². The maximum Gasteiger partial charge on any atom is 0.220 e. The van der Waals surface area contributed by atoms with Gasteiger partial charge in [0, 0.05) is 18.5 Å². The third-order valence-electron chi connectivity index (χ3n) is 4.35. The maximum absolute atomic E-state index is 11.8. The topological polar surface area (TPSA) is 67.4 Å². The predicted molar refractivity (Wildman–Crippen MR) is 102 cm³/mol. The van der Waals surface area contributed by atoms with Gasteiger partial charge < -0.3 is 15.4 Å². The molecule has 1 aromatic carbocycles. The van der Waals surface area contributed by atoms with Crippen molar-refractivity contribution in [3.63, 3.8) is 0 Å². The molecule has 1 saturated heterocycles. The van der Waals surface area contributed by atoms with E-state index < -0.39 is 0 Å². The van der Waals surface area contributed by atoms with E-state index in [1.807, 2.05) is 0 Å². The summed E-state index contributed by atoms with van der Waals surface area (Å²) >= 11 is 0. The van der Waals surface area contributed by atoms with Crippen molar-refractivity contribution >= 4 is 24.1 Å². The fourth-order valence-corrected chi connectivity index (χ4v) is 2.88. The molecule has 1 aliphatic rings. The van der Waals surface area contributed by atoms with Crippen LogP contribution in [0, 0.1) is 5.92 Å². The summed E-state index contributed by atoms with van der Waals surface area (Å²) in [5.74, 6) is 1.56. The van der Waals surface area contributed by atoms with Gasteiger partial charge in [0.25, 0.3) is 0 Å². The number of piperidine rings is 1. The van der Waals surface area contributed by atoms with Crippen molar-refractivity contribution in [1.82, 2.24) is 10.6 Å². The molecule has 0 aliphatic carbocycles. The van der Waals surface area contributed by atoms with Gasteiger partial charge in [0.2, 0.25) is 5.91 Å². The zero-order chi connectivity index (χ0) is 17.2. The van der Waals surface area contributed by atoms with E-state index in [2.05, 4.69) is 10.6 Å². The monoisotopic (exact) mass is 368 g/mol. The number of carbonyl (C=O) groups excluding carboxylic acids is 2. The Bertz CT molecular complexity index is 528. The lowest BCUT2D eigenvalue weighted by Crippen LogP contribution is -2.33. The molecule has 1 fully saturated rings. The Labute approximate surface area is 156 Å². The first kappa shape index (κ1) is 21.5. The molecule has 1 amide bonds. The van der Waals surface area contributed by atoms with E-state index in [9.17, 15) is 9.59 Å². The molecule has 0 bridgehead atoms. The fourth-order valence-electron chi connectivity index (χ4n) is 2.88. The molecule has 2 rings (SSSR count). The number of hydrogen-bond acceptors (Lipinski definition) is 4. The van der Waals surface area contributed by atoms with Crippen molar-refractivity contribution in [2.75, 3.05) is 26.2 Å². The number of hydrogen-bond donors (Lipinski definition) is 2. The van der Waals surface area contributed by atoms with Crippen LogP contribution < -0.4 is 15.4 Å². The van der Waals surface area contributed by atoms with Crippen molar-refractivity contribution in [3.05, 3.63) is 29.8 Å². The highest BCUT2D eigenvalue weighted by atomic mass is 35.5. The molecule has 1 aromatic rings. The van der Waals surface area contributed by atoms with Gasteiger partial charge in [-0.2, -0.15) is 0 Å². The van der Waals surface area contributed by atoms with Crippen molar-refractivity contribution < 1.29 is 14.3 Å². The highest BCUT2D eigenvalue weighted by Gasteiger charge is 2.12. The van der Waals surface area contributed by atoms with Gasteiger partial charge in [0.15, 0.2) is 5.78 Å². The van der Waals surface area contributed by atoms with Gasteiger partial charge in [-0.15, -0.1) is 12.4 Å². The number of rotatable bonds is 9. The lowest BCUT2D eigenvalue weighted by atomic mass is 9.96. The van der Waals surface area contributed by atoms with Gasteiger partial charge in [-0.05, 0) is 75.9 Å². The van der Waals surface area contributed by atoms with Crippen molar-refractivity contribution in [3.8, 4) is 5.75 Å². The third kappa shape index (κ3) is 8.36. The normalized spacial score (nSPS) is 16.6. The SMILES string of the molecule is CC(=O)c1ccc(OCCCC(=O)NCCC2CCCNC2)cc1.Cl. The molecule has 0 spiro atoms. The van der Waals surface area contributed by atoms with E-state index >= 15 is 0 Å². The summed E-state index contributed by atoms with van der Waals surface area (Å²) in [4.78, 5) is 23.0. The largest absolute Gasteiger partial charge is 0.494 e. The van der Waals surface area contributed by atoms with Gasteiger partial charge in [-0.25, -0.2) is 0 Å². The predicted octanol–water partition coefficient (Wildman–Crippen LogP) is 2.98. The molecular formula is C19H29ClN2O3. The van der Waals surface area contributed by atoms with E-state index in [0.29, 0.717) is 30.9 Å². The summed E-state index contributed by atoms with van der Waals surface area (Å²) in [5.41, 5.74) is 0.676. The highest BCUT2D eigenvalue weighted by molar-refractivity contribution is 5.94. The fraction of sp³-hybridized carbons (Fsp3) is 0.579. The van der Waals surface area contributed by atoms with Crippen LogP contribution in [0.5, 0.6) is 5.75 Å². The molecule has 6 heteroatoms. The Morgan fingerprint density at radius 2 is 2.04 bits per heavy atom. The Morgan fingerprint density at radius 1 is 1.28 bits per heavy atom. The Hall–Kier alpha value is -1.59. The summed E-state index contributed by atoms with van der Waals surface area (Å²) in [5, 5.41) is 6.38. The number of carbonyl (C=O) groups is 2. The smallest absolute Gasteiger partial charge is 0.220 e. The molecule has 0 aromatic heterocycles. The van der Waals surface area contributed by atoms with Crippen LogP contribution in [-0.2, 0) is 4.79 Å². The van der Waals surface area contributed by atoms with Gasteiger partial charge in [-0.3, -0.25) is 9.59 Å². The summed E-state index contributed by atoms with van der Waals surface area (Å²) in [6, 6.07) is 7.08. The second-order valence-electron chi connectivity index (χ2n) is 6.38. The molecule has 1 atom stereocenters. The summed E-state index contributed by atoms with van der Waals surface area (Å²) in [6.45, 7) is 5.00. The lowest BCUT2D eigenvalue weighted by molar-refractivity contribution is -0.121. The molecule has 0 radical (unpaired) electrons. The van der Waals surface area contributed by atoms with Crippen molar-refractivity contribution in [2.45, 2.75) is 39.0 Å². The van der Waals surface area contributed by atoms with Crippen LogP contribution in [0.3, 0.4) is 0 Å². The van der Waals surface area contributed by atoms with Crippen molar-refractivity contribution in [2.24, 2.45) is 5.92 Å². The summed E-state index contributed by atoms with van der Waals surface area (Å²) in [7, 11) is 0. The van der Waals surface area contributed by atoms with Gasteiger partial charge >= 0.3 is 0 Å². The minimum absolute atomic E-state index is 0. The number of benzene rings is 1. The van der Waals surface area contributed by atoms with Crippen LogP contribution in [0.2, 0.25) is 0 Å². The highest BCUT2D eigenvalue weighted by Crippen LogP contribution is 2.14. The van der Waals surface area contributed by atoms with Crippen LogP contribution in [0.1, 0.15) is 49.4 Å². The van der Waals surface area contributed by atoms with Crippen molar-refractivity contribution in [1.29, 1.82) is 0 Å². The van der Waals surface area contributed by atoms with E-state index in [0.717, 1.165) is 31.8 Å². The molecule has 1 heterocycles. The zero-order valence-corrected chi connectivity index (χ0v) is 15.7. The molecule has 1 unspecified atom stereocenters. The van der Waals surface area contributed by atoms with Gasteiger partial charge in [0.1, 0.15) is 5.75 Å². The summed E-state index contributed by atoms with van der Waals surface area (Å²) < 4.78 is 5.59. The molecule has 0 saturated carbocycles.